The second-order valence-corrected chi connectivity index (χ2v) is 8.81. The van der Waals surface area contributed by atoms with Crippen LogP contribution in [-0.2, 0) is 6.42 Å². The number of aryl methyl sites for hydroxylation is 1. The number of benzene rings is 3. The minimum Gasteiger partial charge on any atom is -0.497 e. The van der Waals surface area contributed by atoms with Crippen molar-refractivity contribution in [2.24, 2.45) is 5.92 Å². The quantitative estimate of drug-likeness (QED) is 0.525. The number of ether oxygens (including phenoxy) is 1. The fraction of sp³-hybridized carbons (Fsp3) is 0.333. The van der Waals surface area contributed by atoms with E-state index in [1.54, 1.807) is 12.7 Å². The Balaban J connectivity index is 1.51. The average molecular weight is 361 g/mol. The maximum absolute atomic E-state index is 5.44. The Kier molecular flexibility index (Phi) is 4.17. The first kappa shape index (κ1) is 16.3. The molecular weight excluding hydrogens is 336 g/mol. The van der Waals surface area contributed by atoms with E-state index in [0.29, 0.717) is 11.2 Å². The molecular formula is C24H24OS. The lowest BCUT2D eigenvalue weighted by molar-refractivity contribution is 0.344. The van der Waals surface area contributed by atoms with Crippen molar-refractivity contribution >= 4 is 22.5 Å². The number of methoxy groups -OCH3 is 1. The van der Waals surface area contributed by atoms with Crippen molar-refractivity contribution in [2.45, 2.75) is 30.4 Å². The largest absolute Gasteiger partial charge is 0.497 e. The van der Waals surface area contributed by atoms with E-state index in [4.69, 9.17) is 4.74 Å². The van der Waals surface area contributed by atoms with E-state index in [-0.39, 0.29) is 0 Å². The first-order valence-electron chi connectivity index (χ1n) is 9.60. The topological polar surface area (TPSA) is 9.23 Å². The molecule has 1 fully saturated rings. The van der Waals surface area contributed by atoms with Gasteiger partial charge in [0.1, 0.15) is 5.75 Å². The SMILES string of the molecule is COc1ccc2c(c1)CC[C@H]1[C@@H](c3ccc4ccccc4c3)SCC[C@@H]21. The van der Waals surface area contributed by atoms with Crippen molar-refractivity contribution in [1.29, 1.82) is 0 Å². The van der Waals surface area contributed by atoms with E-state index in [9.17, 15) is 0 Å². The van der Waals surface area contributed by atoms with Crippen molar-refractivity contribution in [3.63, 3.8) is 0 Å². The number of rotatable bonds is 2. The summed E-state index contributed by atoms with van der Waals surface area (Å²) < 4.78 is 5.44. The molecule has 0 saturated carbocycles. The summed E-state index contributed by atoms with van der Waals surface area (Å²) in [6.07, 6.45) is 3.77. The average Bonchev–Trinajstić information content (AvgIpc) is 2.72. The number of thioether (sulfide) groups is 1. The molecule has 0 unspecified atom stereocenters. The van der Waals surface area contributed by atoms with Crippen LogP contribution in [0.1, 0.15) is 40.7 Å². The molecule has 3 aromatic carbocycles. The fourth-order valence-corrected chi connectivity index (χ4v) is 6.50. The maximum Gasteiger partial charge on any atom is 0.119 e. The van der Waals surface area contributed by atoms with Crippen LogP contribution in [0.15, 0.2) is 60.7 Å². The summed E-state index contributed by atoms with van der Waals surface area (Å²) in [5.74, 6) is 3.70. The van der Waals surface area contributed by atoms with Crippen LogP contribution in [0.4, 0.5) is 0 Å². The third-order valence-electron chi connectivity index (χ3n) is 6.23. The third-order valence-corrected chi connectivity index (χ3v) is 7.68. The van der Waals surface area contributed by atoms with Crippen LogP contribution in [0.25, 0.3) is 10.8 Å². The summed E-state index contributed by atoms with van der Waals surface area (Å²) in [4.78, 5) is 0. The monoisotopic (exact) mass is 360 g/mol. The lowest BCUT2D eigenvalue weighted by atomic mass is 9.71. The Morgan fingerprint density at radius 3 is 2.69 bits per heavy atom. The van der Waals surface area contributed by atoms with E-state index in [0.717, 1.165) is 11.7 Å². The number of hydrogen-bond donors (Lipinski definition) is 0. The predicted molar refractivity (Wildman–Crippen MR) is 111 cm³/mol. The lowest BCUT2D eigenvalue weighted by Crippen LogP contribution is -2.29. The second-order valence-electron chi connectivity index (χ2n) is 7.56. The van der Waals surface area contributed by atoms with Crippen molar-refractivity contribution < 1.29 is 4.74 Å². The first-order valence-corrected chi connectivity index (χ1v) is 10.7. The zero-order valence-corrected chi connectivity index (χ0v) is 16.0. The van der Waals surface area contributed by atoms with Crippen LogP contribution < -0.4 is 4.74 Å². The summed E-state index contributed by atoms with van der Waals surface area (Å²) in [5, 5.41) is 3.33. The van der Waals surface area contributed by atoms with Gasteiger partial charge in [-0.1, -0.05) is 48.5 Å². The van der Waals surface area contributed by atoms with Crippen LogP contribution in [-0.4, -0.2) is 12.9 Å². The summed E-state index contributed by atoms with van der Waals surface area (Å²) in [6.45, 7) is 0. The molecule has 26 heavy (non-hydrogen) atoms. The highest BCUT2D eigenvalue weighted by Crippen LogP contribution is 2.54. The molecule has 2 aliphatic rings. The van der Waals surface area contributed by atoms with E-state index in [1.165, 1.54) is 46.9 Å². The first-order chi connectivity index (χ1) is 12.8. The van der Waals surface area contributed by atoms with Crippen molar-refractivity contribution in [3.8, 4) is 5.75 Å². The third kappa shape index (κ3) is 2.72. The Hall–Kier alpha value is -1.93. The van der Waals surface area contributed by atoms with Crippen LogP contribution in [0.2, 0.25) is 0 Å². The molecule has 2 heteroatoms. The molecule has 0 aromatic heterocycles. The van der Waals surface area contributed by atoms with Crippen molar-refractivity contribution in [2.75, 3.05) is 12.9 Å². The molecule has 0 bridgehead atoms. The highest BCUT2D eigenvalue weighted by molar-refractivity contribution is 7.99. The van der Waals surface area contributed by atoms with Gasteiger partial charge in [-0.25, -0.2) is 0 Å². The van der Waals surface area contributed by atoms with Gasteiger partial charge in [0.2, 0.25) is 0 Å². The molecule has 1 saturated heterocycles. The molecule has 1 aliphatic carbocycles. The van der Waals surface area contributed by atoms with E-state index in [2.05, 4.69) is 72.4 Å². The van der Waals surface area contributed by atoms with Crippen LogP contribution >= 0.6 is 11.8 Å². The van der Waals surface area contributed by atoms with Crippen LogP contribution in [0, 0.1) is 5.92 Å². The maximum atomic E-state index is 5.44. The van der Waals surface area contributed by atoms with Crippen molar-refractivity contribution in [3.05, 3.63) is 77.4 Å². The highest BCUT2D eigenvalue weighted by atomic mass is 32.2. The van der Waals surface area contributed by atoms with E-state index < -0.39 is 0 Å². The normalized spacial score (nSPS) is 24.7. The Labute approximate surface area is 159 Å². The van der Waals surface area contributed by atoms with Gasteiger partial charge < -0.3 is 4.74 Å². The molecule has 0 amide bonds. The zero-order chi connectivity index (χ0) is 17.5. The minimum absolute atomic E-state index is 0.619. The summed E-state index contributed by atoms with van der Waals surface area (Å²) >= 11 is 2.17. The standard InChI is InChI=1S/C24H24OS/c1-25-20-9-11-21-18(15-20)8-10-23-22(21)12-13-26-24(23)19-7-6-16-4-2-3-5-17(16)14-19/h2-7,9,11,14-15,22-24H,8,10,12-13H2,1H3/t22-,23+,24+/m0/s1. The van der Waals surface area contributed by atoms with Gasteiger partial charge in [0.15, 0.2) is 0 Å². The highest BCUT2D eigenvalue weighted by Gasteiger charge is 2.38. The second kappa shape index (κ2) is 6.66. The smallest absolute Gasteiger partial charge is 0.119 e. The molecule has 132 valence electrons. The molecule has 3 atom stereocenters. The van der Waals surface area contributed by atoms with E-state index >= 15 is 0 Å². The van der Waals surface area contributed by atoms with Gasteiger partial charge in [0, 0.05) is 5.25 Å². The molecule has 5 rings (SSSR count). The van der Waals surface area contributed by atoms with Gasteiger partial charge in [-0.3, -0.25) is 0 Å². The number of fused-ring (bicyclic) bond motifs is 4. The fourth-order valence-electron chi connectivity index (χ4n) is 4.95. The molecule has 0 N–H and O–H groups in total. The Morgan fingerprint density at radius 2 is 1.81 bits per heavy atom. The van der Waals surface area contributed by atoms with Gasteiger partial charge in [0.25, 0.3) is 0 Å². The van der Waals surface area contributed by atoms with Crippen LogP contribution in [0.3, 0.4) is 0 Å². The molecule has 1 aliphatic heterocycles. The van der Waals surface area contributed by atoms with Gasteiger partial charge in [-0.05, 0) is 76.4 Å². The van der Waals surface area contributed by atoms with Gasteiger partial charge in [-0.15, -0.1) is 0 Å². The lowest BCUT2D eigenvalue weighted by Gasteiger charge is -2.42. The predicted octanol–water partition coefficient (Wildman–Crippen LogP) is 6.37. The number of hydrogen-bond acceptors (Lipinski definition) is 2. The summed E-state index contributed by atoms with van der Waals surface area (Å²) in [6, 6.07) is 22.6. The van der Waals surface area contributed by atoms with Gasteiger partial charge in [-0.2, -0.15) is 11.8 Å². The van der Waals surface area contributed by atoms with E-state index in [1.807, 2.05) is 0 Å². The summed E-state index contributed by atoms with van der Waals surface area (Å²) in [7, 11) is 1.76. The van der Waals surface area contributed by atoms with Gasteiger partial charge in [0.05, 0.1) is 7.11 Å². The Morgan fingerprint density at radius 1 is 0.923 bits per heavy atom. The molecule has 1 heterocycles. The Bertz CT molecular complexity index is 948. The molecule has 0 spiro atoms. The molecule has 0 radical (unpaired) electrons. The summed E-state index contributed by atoms with van der Waals surface area (Å²) in [5.41, 5.74) is 4.60. The van der Waals surface area contributed by atoms with Crippen LogP contribution in [0.5, 0.6) is 5.75 Å². The molecule has 3 aromatic rings. The van der Waals surface area contributed by atoms with Gasteiger partial charge >= 0.3 is 0 Å². The minimum atomic E-state index is 0.619. The zero-order valence-electron chi connectivity index (χ0n) is 15.2. The van der Waals surface area contributed by atoms with Crippen molar-refractivity contribution in [1.82, 2.24) is 0 Å². The molecule has 1 nitrogen and oxygen atoms in total.